The van der Waals surface area contributed by atoms with E-state index in [1.165, 1.54) is 12.8 Å². The van der Waals surface area contributed by atoms with Gasteiger partial charge in [-0.05, 0) is 6.42 Å². The summed E-state index contributed by atoms with van der Waals surface area (Å²) < 4.78 is 4.98. The molecule has 3 heteroatoms. The normalized spacial score (nSPS) is 10.2. The first kappa shape index (κ1) is 15.4. The Hall–Kier alpha value is -1.64. The molecule has 0 heterocycles. The van der Waals surface area contributed by atoms with Gasteiger partial charge in [0.05, 0.1) is 0 Å². The van der Waals surface area contributed by atoms with Gasteiger partial charge in [0, 0.05) is 12.0 Å². The highest BCUT2D eigenvalue weighted by molar-refractivity contribution is 5.97. The van der Waals surface area contributed by atoms with E-state index in [9.17, 15) is 9.59 Å². The summed E-state index contributed by atoms with van der Waals surface area (Å²) >= 11 is 0. The van der Waals surface area contributed by atoms with Gasteiger partial charge in [0.1, 0.15) is 0 Å². The number of carbonyl (C=O) groups excluding carboxylic acids is 2. The number of carbonyl (C=O) groups is 2. The first-order valence-corrected chi connectivity index (χ1v) is 6.98. The Bertz CT molecular complexity index is 384. The highest BCUT2D eigenvalue weighted by atomic mass is 16.5. The van der Waals surface area contributed by atoms with E-state index in [-0.39, 0.29) is 18.4 Å². The van der Waals surface area contributed by atoms with Crippen molar-refractivity contribution in [1.82, 2.24) is 0 Å². The van der Waals surface area contributed by atoms with Crippen LogP contribution in [-0.4, -0.2) is 18.4 Å². The highest BCUT2D eigenvalue weighted by Gasteiger charge is 2.09. The number of ether oxygens (including phenoxy) is 1. The predicted molar refractivity (Wildman–Crippen MR) is 75.1 cm³/mol. The Balaban J connectivity index is 2.15. The van der Waals surface area contributed by atoms with Gasteiger partial charge in [0.15, 0.2) is 12.4 Å². The number of Topliss-reactive ketones (excluding diaryl/α,β-unsaturated/α-hetero) is 1. The second-order valence-corrected chi connectivity index (χ2v) is 4.61. The molecule has 0 aromatic heterocycles. The van der Waals surface area contributed by atoms with E-state index in [4.69, 9.17) is 4.74 Å². The Morgan fingerprint density at radius 3 is 2.37 bits per heavy atom. The Morgan fingerprint density at radius 1 is 1.00 bits per heavy atom. The van der Waals surface area contributed by atoms with Crippen LogP contribution >= 0.6 is 0 Å². The van der Waals surface area contributed by atoms with Crippen molar-refractivity contribution in [3.63, 3.8) is 0 Å². The maximum Gasteiger partial charge on any atom is 0.306 e. The van der Waals surface area contributed by atoms with Gasteiger partial charge < -0.3 is 4.74 Å². The first-order chi connectivity index (χ1) is 9.24. The highest BCUT2D eigenvalue weighted by Crippen LogP contribution is 2.06. The van der Waals surface area contributed by atoms with Crippen LogP contribution in [0.3, 0.4) is 0 Å². The summed E-state index contributed by atoms with van der Waals surface area (Å²) in [5.74, 6) is -0.430. The van der Waals surface area contributed by atoms with Crippen LogP contribution in [0.2, 0.25) is 0 Å². The monoisotopic (exact) mass is 262 g/mol. The zero-order valence-electron chi connectivity index (χ0n) is 11.6. The van der Waals surface area contributed by atoms with Crippen LogP contribution in [0, 0.1) is 0 Å². The molecule has 3 nitrogen and oxygen atoms in total. The first-order valence-electron chi connectivity index (χ1n) is 6.98. The summed E-state index contributed by atoms with van der Waals surface area (Å²) in [7, 11) is 0. The third-order valence-corrected chi connectivity index (χ3v) is 2.94. The van der Waals surface area contributed by atoms with E-state index in [1.54, 1.807) is 24.3 Å². The second kappa shape index (κ2) is 9.31. The van der Waals surface area contributed by atoms with Gasteiger partial charge >= 0.3 is 5.97 Å². The summed E-state index contributed by atoms with van der Waals surface area (Å²) in [6, 6.07) is 8.88. The smallest absolute Gasteiger partial charge is 0.306 e. The van der Waals surface area contributed by atoms with Gasteiger partial charge in [-0.25, -0.2) is 0 Å². The van der Waals surface area contributed by atoms with Gasteiger partial charge in [0.2, 0.25) is 0 Å². The number of ketones is 1. The van der Waals surface area contributed by atoms with Gasteiger partial charge in [0.25, 0.3) is 0 Å². The minimum atomic E-state index is -0.277. The molecule has 0 spiro atoms. The lowest BCUT2D eigenvalue weighted by molar-refractivity contribution is -0.142. The van der Waals surface area contributed by atoms with Crippen LogP contribution in [0.4, 0.5) is 0 Å². The average Bonchev–Trinajstić information content (AvgIpc) is 2.45. The molecule has 0 amide bonds. The molecule has 0 saturated heterocycles. The fraction of sp³-hybridized carbons (Fsp3) is 0.500. The zero-order chi connectivity index (χ0) is 13.9. The SMILES string of the molecule is CCCCCCCC(=O)OCC(=O)c1ccccc1. The van der Waals surface area contributed by atoms with Crippen molar-refractivity contribution >= 4 is 11.8 Å². The van der Waals surface area contributed by atoms with Crippen molar-refractivity contribution in [1.29, 1.82) is 0 Å². The molecule has 0 N–H and O–H groups in total. The number of hydrogen-bond acceptors (Lipinski definition) is 3. The lowest BCUT2D eigenvalue weighted by Gasteiger charge is -2.04. The fourth-order valence-electron chi connectivity index (χ4n) is 1.80. The lowest BCUT2D eigenvalue weighted by Crippen LogP contribution is -2.13. The standard InChI is InChI=1S/C16H22O3/c1-2-3-4-5-9-12-16(18)19-13-15(17)14-10-7-6-8-11-14/h6-8,10-11H,2-5,9,12-13H2,1H3. The Kier molecular flexibility index (Phi) is 7.56. The molecular weight excluding hydrogens is 240 g/mol. The molecule has 104 valence electrons. The number of esters is 1. The Labute approximate surface area is 115 Å². The summed E-state index contributed by atoms with van der Waals surface area (Å²) in [4.78, 5) is 23.1. The lowest BCUT2D eigenvalue weighted by atomic mass is 10.1. The van der Waals surface area contributed by atoms with Gasteiger partial charge in [-0.15, -0.1) is 0 Å². The molecule has 0 unspecified atom stereocenters. The van der Waals surface area contributed by atoms with E-state index < -0.39 is 0 Å². The van der Waals surface area contributed by atoms with Crippen LogP contribution in [0.1, 0.15) is 55.8 Å². The van der Waals surface area contributed by atoms with Crippen molar-refractivity contribution in [3.8, 4) is 0 Å². The zero-order valence-corrected chi connectivity index (χ0v) is 11.6. The second-order valence-electron chi connectivity index (χ2n) is 4.61. The molecule has 1 aromatic carbocycles. The third kappa shape index (κ3) is 6.75. The van der Waals surface area contributed by atoms with Crippen molar-refractivity contribution in [2.24, 2.45) is 0 Å². The van der Waals surface area contributed by atoms with E-state index in [2.05, 4.69) is 6.92 Å². The number of hydrogen-bond donors (Lipinski definition) is 0. The summed E-state index contributed by atoms with van der Waals surface area (Å²) in [6.45, 7) is 2.00. The molecule has 0 bridgehead atoms. The van der Waals surface area contributed by atoms with Crippen molar-refractivity contribution in [2.75, 3.05) is 6.61 Å². The van der Waals surface area contributed by atoms with Crippen LogP contribution < -0.4 is 0 Å². The van der Waals surface area contributed by atoms with Gasteiger partial charge in [-0.2, -0.15) is 0 Å². The van der Waals surface area contributed by atoms with Crippen LogP contribution in [0.15, 0.2) is 30.3 Å². The minimum absolute atomic E-state index is 0.153. The number of benzene rings is 1. The maximum absolute atomic E-state index is 11.7. The molecule has 1 rings (SSSR count). The van der Waals surface area contributed by atoms with Gasteiger partial charge in [-0.1, -0.05) is 62.9 Å². The van der Waals surface area contributed by atoms with Crippen molar-refractivity contribution < 1.29 is 14.3 Å². The molecule has 19 heavy (non-hydrogen) atoms. The minimum Gasteiger partial charge on any atom is -0.457 e. The predicted octanol–water partition coefficient (Wildman–Crippen LogP) is 3.77. The molecule has 1 aromatic rings. The van der Waals surface area contributed by atoms with E-state index in [0.717, 1.165) is 19.3 Å². The van der Waals surface area contributed by atoms with E-state index in [0.29, 0.717) is 12.0 Å². The van der Waals surface area contributed by atoms with Crippen LogP contribution in [-0.2, 0) is 9.53 Å². The molecular formula is C16H22O3. The summed E-state index contributed by atoms with van der Waals surface area (Å²) in [5, 5.41) is 0. The maximum atomic E-state index is 11.7. The molecule has 0 saturated carbocycles. The van der Waals surface area contributed by atoms with Gasteiger partial charge in [-0.3, -0.25) is 9.59 Å². The van der Waals surface area contributed by atoms with Crippen LogP contribution in [0.25, 0.3) is 0 Å². The Morgan fingerprint density at radius 2 is 1.68 bits per heavy atom. The van der Waals surface area contributed by atoms with Crippen molar-refractivity contribution in [2.45, 2.75) is 45.4 Å². The molecule has 0 aliphatic carbocycles. The molecule has 0 atom stereocenters. The van der Waals surface area contributed by atoms with Crippen molar-refractivity contribution in [3.05, 3.63) is 35.9 Å². The third-order valence-electron chi connectivity index (χ3n) is 2.94. The number of unbranched alkanes of at least 4 members (excludes halogenated alkanes) is 4. The summed E-state index contributed by atoms with van der Waals surface area (Å²) in [6.07, 6.45) is 5.87. The topological polar surface area (TPSA) is 43.4 Å². The summed E-state index contributed by atoms with van der Waals surface area (Å²) in [5.41, 5.74) is 0.582. The molecule has 0 fully saturated rings. The van der Waals surface area contributed by atoms with Crippen LogP contribution in [0.5, 0.6) is 0 Å². The fourth-order valence-corrected chi connectivity index (χ4v) is 1.80. The largest absolute Gasteiger partial charge is 0.457 e. The molecule has 0 aliphatic rings. The van der Waals surface area contributed by atoms with E-state index >= 15 is 0 Å². The quantitative estimate of drug-likeness (QED) is 0.386. The molecule has 0 radical (unpaired) electrons. The van der Waals surface area contributed by atoms with E-state index in [1.807, 2.05) is 6.07 Å². The number of rotatable bonds is 9. The molecule has 0 aliphatic heterocycles. The average molecular weight is 262 g/mol.